The van der Waals surface area contributed by atoms with Crippen LogP contribution in [-0.2, 0) is 0 Å². The fraction of sp³-hybridized carbons (Fsp3) is 0.300. The van der Waals surface area contributed by atoms with Gasteiger partial charge in [0, 0.05) is 10.6 Å². The molecule has 82 valence electrons. The van der Waals surface area contributed by atoms with Gasteiger partial charge >= 0.3 is 0 Å². The zero-order valence-corrected chi connectivity index (χ0v) is 9.81. The molecule has 1 N–H and O–H groups in total. The molecule has 4 nitrogen and oxygen atoms in total. The molecule has 6 heteroatoms. The highest BCUT2D eigenvalue weighted by Gasteiger charge is 2.18. The minimum atomic E-state index is 0.390. The lowest BCUT2D eigenvalue weighted by molar-refractivity contribution is 0.923. The van der Waals surface area contributed by atoms with Gasteiger partial charge in [-0.25, -0.2) is 15.0 Å². The van der Waals surface area contributed by atoms with Crippen LogP contribution in [0.25, 0.3) is 16.7 Å². The minimum absolute atomic E-state index is 0.390. The van der Waals surface area contributed by atoms with E-state index in [0.717, 1.165) is 29.9 Å². The number of hydrogen-bond donors (Lipinski definition) is 1. The van der Waals surface area contributed by atoms with E-state index >= 15 is 0 Å². The predicted octanol–water partition coefficient (Wildman–Crippen LogP) is 3.14. The van der Waals surface area contributed by atoms with Crippen molar-refractivity contribution in [1.29, 1.82) is 0 Å². The number of fused-ring (bicyclic) bond motifs is 1. The SMILES string of the molecule is ClC1=C(c2nc(Cl)c3[nH]cnc3n2)CCC1. The van der Waals surface area contributed by atoms with Crippen molar-refractivity contribution in [1.82, 2.24) is 19.9 Å². The number of allylic oxidation sites excluding steroid dienone is 2. The summed E-state index contributed by atoms with van der Waals surface area (Å²) in [5.74, 6) is 0.604. The lowest BCUT2D eigenvalue weighted by Gasteiger charge is -2.02. The van der Waals surface area contributed by atoms with Gasteiger partial charge in [0.2, 0.25) is 0 Å². The average molecular weight is 255 g/mol. The lowest BCUT2D eigenvalue weighted by atomic mass is 10.2. The number of aromatic nitrogens is 4. The summed E-state index contributed by atoms with van der Waals surface area (Å²) in [5, 5.41) is 1.23. The Balaban J connectivity index is 2.21. The molecule has 0 saturated carbocycles. The van der Waals surface area contributed by atoms with E-state index in [2.05, 4.69) is 19.9 Å². The highest BCUT2D eigenvalue weighted by atomic mass is 35.5. The highest BCUT2D eigenvalue weighted by molar-refractivity contribution is 6.34. The van der Waals surface area contributed by atoms with E-state index in [1.165, 1.54) is 0 Å². The van der Waals surface area contributed by atoms with Crippen molar-refractivity contribution in [3.05, 3.63) is 22.3 Å². The Morgan fingerprint density at radius 3 is 2.81 bits per heavy atom. The van der Waals surface area contributed by atoms with E-state index in [1.54, 1.807) is 6.33 Å². The van der Waals surface area contributed by atoms with Crippen LogP contribution in [0.4, 0.5) is 0 Å². The molecule has 0 amide bonds. The van der Waals surface area contributed by atoms with Crippen LogP contribution in [0.3, 0.4) is 0 Å². The maximum absolute atomic E-state index is 6.12. The fourth-order valence-electron chi connectivity index (χ4n) is 1.87. The minimum Gasteiger partial charge on any atom is -0.341 e. The topological polar surface area (TPSA) is 54.5 Å². The van der Waals surface area contributed by atoms with Crippen molar-refractivity contribution in [3.63, 3.8) is 0 Å². The Morgan fingerprint density at radius 2 is 2.06 bits per heavy atom. The predicted molar refractivity (Wildman–Crippen MR) is 63.3 cm³/mol. The molecule has 0 atom stereocenters. The zero-order chi connectivity index (χ0) is 11.1. The van der Waals surface area contributed by atoms with Crippen LogP contribution in [0.2, 0.25) is 5.15 Å². The summed E-state index contributed by atoms with van der Waals surface area (Å²) in [6.07, 6.45) is 4.41. The number of nitrogens with one attached hydrogen (secondary N) is 1. The van der Waals surface area contributed by atoms with Gasteiger partial charge in [0.15, 0.2) is 16.6 Å². The maximum atomic E-state index is 6.12. The van der Waals surface area contributed by atoms with Crippen LogP contribution >= 0.6 is 23.2 Å². The molecule has 2 aromatic heterocycles. The fourth-order valence-corrected chi connectivity index (χ4v) is 2.40. The molecule has 0 spiro atoms. The highest BCUT2D eigenvalue weighted by Crippen LogP contribution is 2.35. The molecular weight excluding hydrogens is 247 g/mol. The van der Waals surface area contributed by atoms with Gasteiger partial charge in [0.1, 0.15) is 5.52 Å². The molecule has 0 aliphatic heterocycles. The Hall–Kier alpha value is -1.13. The Morgan fingerprint density at radius 1 is 1.19 bits per heavy atom. The first-order valence-electron chi connectivity index (χ1n) is 5.00. The van der Waals surface area contributed by atoms with Gasteiger partial charge < -0.3 is 4.98 Å². The van der Waals surface area contributed by atoms with Crippen molar-refractivity contribution in [2.45, 2.75) is 19.3 Å². The van der Waals surface area contributed by atoms with Crippen LogP contribution in [0.5, 0.6) is 0 Å². The number of rotatable bonds is 1. The summed E-state index contributed by atoms with van der Waals surface area (Å²) in [6.45, 7) is 0. The quantitative estimate of drug-likeness (QED) is 0.796. The van der Waals surface area contributed by atoms with Crippen LogP contribution in [0, 0.1) is 0 Å². The first-order chi connectivity index (χ1) is 7.75. The molecule has 0 unspecified atom stereocenters. The van der Waals surface area contributed by atoms with Crippen molar-refractivity contribution < 1.29 is 0 Å². The van der Waals surface area contributed by atoms with Gasteiger partial charge in [-0.15, -0.1) is 0 Å². The molecule has 0 aromatic carbocycles. The van der Waals surface area contributed by atoms with E-state index in [-0.39, 0.29) is 0 Å². The Labute approximate surface area is 102 Å². The monoisotopic (exact) mass is 254 g/mol. The third-order valence-electron chi connectivity index (χ3n) is 2.66. The first-order valence-corrected chi connectivity index (χ1v) is 5.76. The number of hydrogen-bond acceptors (Lipinski definition) is 3. The van der Waals surface area contributed by atoms with E-state index in [0.29, 0.717) is 22.1 Å². The van der Waals surface area contributed by atoms with E-state index in [1.807, 2.05) is 0 Å². The van der Waals surface area contributed by atoms with Crippen molar-refractivity contribution in [2.75, 3.05) is 0 Å². The molecule has 2 heterocycles. The summed E-state index contributed by atoms with van der Waals surface area (Å²) in [6, 6.07) is 0. The Bertz CT molecular complexity index is 588. The normalized spacial score (nSPS) is 16.4. The van der Waals surface area contributed by atoms with Crippen LogP contribution in [-0.4, -0.2) is 19.9 Å². The molecule has 1 aliphatic rings. The van der Waals surface area contributed by atoms with Crippen molar-refractivity contribution >= 4 is 39.9 Å². The standard InChI is InChI=1S/C10H8Cl2N4/c11-6-3-1-2-5(6)9-15-8(12)7-10(16-9)14-4-13-7/h4H,1-3H2,(H,13,14,15,16). The molecule has 0 radical (unpaired) electrons. The number of nitrogens with zero attached hydrogens (tertiary/aromatic N) is 3. The van der Waals surface area contributed by atoms with Crippen LogP contribution in [0.1, 0.15) is 25.1 Å². The third-order valence-corrected chi connectivity index (χ3v) is 3.35. The molecule has 1 aliphatic carbocycles. The van der Waals surface area contributed by atoms with Crippen molar-refractivity contribution in [3.8, 4) is 0 Å². The third kappa shape index (κ3) is 1.49. The van der Waals surface area contributed by atoms with E-state index in [9.17, 15) is 0 Å². The lowest BCUT2D eigenvalue weighted by Crippen LogP contribution is -1.95. The average Bonchev–Trinajstić information content (AvgIpc) is 2.85. The first kappa shape index (κ1) is 10.1. The largest absolute Gasteiger partial charge is 0.341 e. The second-order valence-electron chi connectivity index (χ2n) is 3.68. The van der Waals surface area contributed by atoms with Crippen LogP contribution in [0.15, 0.2) is 11.4 Å². The van der Waals surface area contributed by atoms with Crippen molar-refractivity contribution in [2.24, 2.45) is 0 Å². The zero-order valence-electron chi connectivity index (χ0n) is 8.30. The van der Waals surface area contributed by atoms with Gasteiger partial charge in [0.05, 0.1) is 6.33 Å². The second-order valence-corrected chi connectivity index (χ2v) is 4.49. The van der Waals surface area contributed by atoms with Gasteiger partial charge in [0.25, 0.3) is 0 Å². The van der Waals surface area contributed by atoms with Crippen LogP contribution < -0.4 is 0 Å². The molecular formula is C10H8Cl2N4. The van der Waals surface area contributed by atoms with E-state index < -0.39 is 0 Å². The second kappa shape index (κ2) is 3.71. The number of imidazole rings is 1. The van der Waals surface area contributed by atoms with Gasteiger partial charge in [-0.05, 0) is 19.3 Å². The molecule has 2 aromatic rings. The maximum Gasteiger partial charge on any atom is 0.182 e. The van der Waals surface area contributed by atoms with Gasteiger partial charge in [-0.1, -0.05) is 23.2 Å². The molecule has 16 heavy (non-hydrogen) atoms. The van der Waals surface area contributed by atoms with E-state index in [4.69, 9.17) is 23.2 Å². The number of halogens is 2. The molecule has 0 bridgehead atoms. The summed E-state index contributed by atoms with van der Waals surface area (Å²) >= 11 is 12.2. The summed E-state index contributed by atoms with van der Waals surface area (Å²) in [4.78, 5) is 15.6. The van der Waals surface area contributed by atoms with Gasteiger partial charge in [-0.3, -0.25) is 0 Å². The van der Waals surface area contributed by atoms with Gasteiger partial charge in [-0.2, -0.15) is 0 Å². The molecule has 0 saturated heterocycles. The smallest absolute Gasteiger partial charge is 0.182 e. The number of aromatic amines is 1. The Kier molecular flexibility index (Phi) is 2.33. The number of H-pyrrole nitrogens is 1. The molecule has 3 rings (SSSR count). The summed E-state index contributed by atoms with van der Waals surface area (Å²) < 4.78 is 0. The summed E-state index contributed by atoms with van der Waals surface area (Å²) in [7, 11) is 0. The summed E-state index contributed by atoms with van der Waals surface area (Å²) in [5.41, 5.74) is 2.24. The molecule has 0 fully saturated rings.